The molecule has 3 rings (SSSR count). The normalized spacial score (nSPS) is 17.2. The molecule has 3 heterocycles. The lowest BCUT2D eigenvalue weighted by atomic mass is 10.1. The van der Waals surface area contributed by atoms with Crippen LogP contribution in [0.1, 0.15) is 19.3 Å². The van der Waals surface area contributed by atoms with Crippen molar-refractivity contribution >= 4 is 11.5 Å². The van der Waals surface area contributed by atoms with E-state index in [2.05, 4.69) is 21.0 Å². The van der Waals surface area contributed by atoms with E-state index in [1.165, 1.54) is 19.3 Å². The Kier molecular flexibility index (Phi) is 2.05. The number of rotatable bonds is 1. The molecule has 1 saturated heterocycles. The minimum atomic E-state index is 0.913. The molecule has 1 aliphatic rings. The summed E-state index contributed by atoms with van der Waals surface area (Å²) in [5.41, 5.74) is 0.913. The predicted molar refractivity (Wildman–Crippen MR) is 59.1 cm³/mol. The number of aromatic nitrogens is 3. The summed E-state index contributed by atoms with van der Waals surface area (Å²) >= 11 is 0. The molecule has 78 valence electrons. The van der Waals surface area contributed by atoms with Crippen molar-refractivity contribution in [2.75, 3.05) is 18.0 Å². The van der Waals surface area contributed by atoms with E-state index in [1.54, 1.807) is 6.20 Å². The Hall–Kier alpha value is -1.58. The second-order valence-electron chi connectivity index (χ2n) is 3.97. The number of nitrogens with zero attached hydrogens (tertiary/aromatic N) is 4. The van der Waals surface area contributed by atoms with Crippen LogP contribution in [-0.2, 0) is 0 Å². The molecule has 4 heteroatoms. The molecule has 0 aliphatic carbocycles. The first kappa shape index (κ1) is 8.71. The summed E-state index contributed by atoms with van der Waals surface area (Å²) in [6, 6.07) is 4.09. The van der Waals surface area contributed by atoms with Crippen molar-refractivity contribution < 1.29 is 0 Å². The zero-order valence-electron chi connectivity index (χ0n) is 8.63. The first-order valence-electron chi connectivity index (χ1n) is 5.49. The molecule has 0 atom stereocenters. The van der Waals surface area contributed by atoms with Crippen LogP contribution in [0, 0.1) is 0 Å². The van der Waals surface area contributed by atoms with Gasteiger partial charge in [-0.05, 0) is 31.4 Å². The molecular weight excluding hydrogens is 188 g/mol. The van der Waals surface area contributed by atoms with E-state index < -0.39 is 0 Å². The first-order chi connectivity index (χ1) is 7.43. The summed E-state index contributed by atoms with van der Waals surface area (Å²) in [6.45, 7) is 2.26. The van der Waals surface area contributed by atoms with Gasteiger partial charge in [-0.25, -0.2) is 9.50 Å². The zero-order chi connectivity index (χ0) is 10.1. The van der Waals surface area contributed by atoms with Crippen LogP contribution in [0.15, 0.2) is 24.5 Å². The van der Waals surface area contributed by atoms with Gasteiger partial charge in [0.2, 0.25) is 0 Å². The minimum absolute atomic E-state index is 0.913. The molecule has 0 aromatic carbocycles. The van der Waals surface area contributed by atoms with Gasteiger partial charge in [0.15, 0.2) is 5.65 Å². The van der Waals surface area contributed by atoms with Gasteiger partial charge in [-0.1, -0.05) is 0 Å². The third kappa shape index (κ3) is 1.56. The number of imidazole rings is 1. The zero-order valence-corrected chi connectivity index (χ0v) is 8.63. The summed E-state index contributed by atoms with van der Waals surface area (Å²) < 4.78 is 1.84. The molecule has 0 radical (unpaired) electrons. The highest BCUT2D eigenvalue weighted by Crippen LogP contribution is 2.17. The summed E-state index contributed by atoms with van der Waals surface area (Å²) in [5.74, 6) is 1.07. The lowest BCUT2D eigenvalue weighted by Gasteiger charge is -2.27. The summed E-state index contributed by atoms with van der Waals surface area (Å²) in [4.78, 5) is 6.54. The predicted octanol–water partition coefficient (Wildman–Crippen LogP) is 1.72. The number of hydrogen-bond acceptors (Lipinski definition) is 3. The Labute approximate surface area is 88.5 Å². The van der Waals surface area contributed by atoms with Crippen molar-refractivity contribution in [3.63, 3.8) is 0 Å². The van der Waals surface area contributed by atoms with Gasteiger partial charge in [0, 0.05) is 25.5 Å². The smallest absolute Gasteiger partial charge is 0.153 e. The van der Waals surface area contributed by atoms with Gasteiger partial charge >= 0.3 is 0 Å². The topological polar surface area (TPSA) is 33.4 Å². The molecule has 1 aliphatic heterocycles. The molecule has 1 fully saturated rings. The van der Waals surface area contributed by atoms with Crippen molar-refractivity contribution in [1.29, 1.82) is 0 Å². The number of piperidine rings is 1. The van der Waals surface area contributed by atoms with Gasteiger partial charge in [-0.15, -0.1) is 5.10 Å². The Morgan fingerprint density at radius 2 is 1.93 bits per heavy atom. The van der Waals surface area contributed by atoms with Crippen LogP contribution < -0.4 is 4.90 Å². The Bertz CT molecular complexity index is 456. The lowest BCUT2D eigenvalue weighted by Crippen LogP contribution is -2.30. The third-order valence-corrected chi connectivity index (χ3v) is 2.92. The summed E-state index contributed by atoms with van der Waals surface area (Å²) in [6.07, 6.45) is 7.59. The number of hydrogen-bond donors (Lipinski definition) is 0. The number of fused-ring (bicyclic) bond motifs is 1. The van der Waals surface area contributed by atoms with Crippen LogP contribution in [0.5, 0.6) is 0 Å². The largest absolute Gasteiger partial charge is 0.355 e. The average molecular weight is 202 g/mol. The SMILES string of the molecule is c1cn2nc(N3CCCCC3)ccc2n1. The van der Waals surface area contributed by atoms with Crippen LogP contribution in [0.3, 0.4) is 0 Å². The maximum absolute atomic E-state index is 4.54. The molecule has 0 amide bonds. The second-order valence-corrected chi connectivity index (χ2v) is 3.97. The van der Waals surface area contributed by atoms with Crippen molar-refractivity contribution in [3.8, 4) is 0 Å². The van der Waals surface area contributed by atoms with Crippen molar-refractivity contribution in [2.24, 2.45) is 0 Å². The van der Waals surface area contributed by atoms with Crippen LogP contribution >= 0.6 is 0 Å². The second kappa shape index (κ2) is 3.53. The van der Waals surface area contributed by atoms with Gasteiger partial charge in [-0.3, -0.25) is 0 Å². The van der Waals surface area contributed by atoms with E-state index in [-0.39, 0.29) is 0 Å². The van der Waals surface area contributed by atoms with Crippen LogP contribution in [0.4, 0.5) is 5.82 Å². The molecular formula is C11H14N4. The fourth-order valence-electron chi connectivity index (χ4n) is 2.10. The van der Waals surface area contributed by atoms with Crippen LogP contribution in [-0.4, -0.2) is 27.7 Å². The molecule has 0 unspecified atom stereocenters. The molecule has 4 nitrogen and oxygen atoms in total. The van der Waals surface area contributed by atoms with Crippen molar-refractivity contribution in [3.05, 3.63) is 24.5 Å². The van der Waals surface area contributed by atoms with Gasteiger partial charge in [0.1, 0.15) is 5.82 Å². The molecule has 15 heavy (non-hydrogen) atoms. The van der Waals surface area contributed by atoms with E-state index in [9.17, 15) is 0 Å². The van der Waals surface area contributed by atoms with Gasteiger partial charge in [-0.2, -0.15) is 0 Å². The van der Waals surface area contributed by atoms with E-state index in [1.807, 2.05) is 16.8 Å². The third-order valence-electron chi connectivity index (χ3n) is 2.92. The van der Waals surface area contributed by atoms with Gasteiger partial charge in [0.05, 0.1) is 0 Å². The van der Waals surface area contributed by atoms with Gasteiger partial charge < -0.3 is 4.90 Å². The molecule has 2 aromatic heterocycles. The van der Waals surface area contributed by atoms with E-state index in [0.717, 1.165) is 24.6 Å². The maximum Gasteiger partial charge on any atom is 0.153 e. The average Bonchev–Trinajstić information content (AvgIpc) is 2.77. The highest BCUT2D eigenvalue weighted by molar-refractivity contribution is 5.45. The summed E-state index contributed by atoms with van der Waals surface area (Å²) in [5, 5.41) is 4.54. The van der Waals surface area contributed by atoms with E-state index in [4.69, 9.17) is 0 Å². The van der Waals surface area contributed by atoms with E-state index in [0.29, 0.717) is 0 Å². The van der Waals surface area contributed by atoms with Crippen LogP contribution in [0.2, 0.25) is 0 Å². The monoisotopic (exact) mass is 202 g/mol. The Balaban J connectivity index is 1.95. The van der Waals surface area contributed by atoms with E-state index >= 15 is 0 Å². The number of anilines is 1. The molecule has 0 bridgehead atoms. The highest BCUT2D eigenvalue weighted by Gasteiger charge is 2.12. The first-order valence-corrected chi connectivity index (χ1v) is 5.49. The standard InChI is InChI=1S/C11H14N4/c1-2-7-14(8-3-1)11-5-4-10-12-6-9-15(10)13-11/h4-6,9H,1-3,7-8H2. The summed E-state index contributed by atoms with van der Waals surface area (Å²) in [7, 11) is 0. The van der Waals surface area contributed by atoms with Crippen molar-refractivity contribution in [1.82, 2.24) is 14.6 Å². The molecule has 2 aromatic rings. The fourth-order valence-corrected chi connectivity index (χ4v) is 2.10. The Morgan fingerprint density at radius 3 is 2.80 bits per heavy atom. The molecule has 0 N–H and O–H groups in total. The molecule has 0 saturated carbocycles. The lowest BCUT2D eigenvalue weighted by molar-refractivity contribution is 0.570. The highest BCUT2D eigenvalue weighted by atomic mass is 15.3. The van der Waals surface area contributed by atoms with Gasteiger partial charge in [0.25, 0.3) is 0 Å². The van der Waals surface area contributed by atoms with Crippen molar-refractivity contribution in [2.45, 2.75) is 19.3 Å². The minimum Gasteiger partial charge on any atom is -0.355 e. The quantitative estimate of drug-likeness (QED) is 0.706. The fraction of sp³-hybridized carbons (Fsp3) is 0.455. The molecule has 0 spiro atoms. The maximum atomic E-state index is 4.54. The Morgan fingerprint density at radius 1 is 1.07 bits per heavy atom. The van der Waals surface area contributed by atoms with Crippen LogP contribution in [0.25, 0.3) is 5.65 Å².